The van der Waals surface area contributed by atoms with Crippen LogP contribution in [0.3, 0.4) is 0 Å². The Morgan fingerprint density at radius 1 is 1.19 bits per heavy atom. The number of hydrogen-bond acceptors (Lipinski definition) is 3. The molecule has 0 aliphatic carbocycles. The van der Waals surface area contributed by atoms with Crippen LogP contribution in [0, 0.1) is 0 Å². The van der Waals surface area contributed by atoms with Gasteiger partial charge in [-0.15, -0.1) is 0 Å². The number of nitrogens with zero attached hydrogens (tertiary/aromatic N) is 2. The lowest BCUT2D eigenvalue weighted by molar-refractivity contribution is 0.137. The van der Waals surface area contributed by atoms with Crippen LogP contribution in [0.2, 0.25) is 0 Å². The van der Waals surface area contributed by atoms with Crippen molar-refractivity contribution >= 4 is 0 Å². The number of benzene rings is 1. The maximum absolute atomic E-state index is 4.21. The van der Waals surface area contributed by atoms with Crippen molar-refractivity contribution < 1.29 is 0 Å². The molecule has 0 radical (unpaired) electrons. The zero-order chi connectivity index (χ0) is 14.5. The van der Waals surface area contributed by atoms with E-state index in [9.17, 15) is 0 Å². The second kappa shape index (κ2) is 6.83. The molecule has 2 heterocycles. The van der Waals surface area contributed by atoms with Crippen LogP contribution < -0.4 is 5.32 Å². The van der Waals surface area contributed by atoms with Gasteiger partial charge in [0, 0.05) is 44.1 Å². The van der Waals surface area contributed by atoms with Gasteiger partial charge in [0.15, 0.2) is 0 Å². The van der Waals surface area contributed by atoms with Crippen LogP contribution in [0.15, 0.2) is 54.9 Å². The fourth-order valence-electron chi connectivity index (χ4n) is 3.06. The monoisotopic (exact) mass is 281 g/mol. The van der Waals surface area contributed by atoms with E-state index in [4.69, 9.17) is 0 Å². The Morgan fingerprint density at radius 2 is 2.05 bits per heavy atom. The van der Waals surface area contributed by atoms with Gasteiger partial charge in [0.25, 0.3) is 0 Å². The molecule has 3 rings (SSSR count). The molecular formula is C18H23N3. The van der Waals surface area contributed by atoms with Crippen molar-refractivity contribution in [1.82, 2.24) is 15.2 Å². The molecule has 1 fully saturated rings. The van der Waals surface area contributed by atoms with E-state index in [-0.39, 0.29) is 0 Å². The molecule has 2 unspecified atom stereocenters. The standard InChI is InChI=1S/C18H23N3/c1-15-14-21(11-9-16-6-5-10-19-12-16)18(13-20-15)17-7-3-2-4-8-17/h2-8,10,12,15,18,20H,9,11,13-14H2,1H3. The van der Waals surface area contributed by atoms with Gasteiger partial charge in [-0.1, -0.05) is 36.4 Å². The van der Waals surface area contributed by atoms with Crippen LogP contribution >= 0.6 is 0 Å². The van der Waals surface area contributed by atoms with Crippen molar-refractivity contribution in [3.63, 3.8) is 0 Å². The van der Waals surface area contributed by atoms with Crippen LogP contribution in [-0.2, 0) is 6.42 Å². The average Bonchev–Trinajstić information content (AvgIpc) is 2.55. The summed E-state index contributed by atoms with van der Waals surface area (Å²) in [5.41, 5.74) is 2.72. The summed E-state index contributed by atoms with van der Waals surface area (Å²) in [7, 11) is 0. The molecule has 2 aromatic rings. The summed E-state index contributed by atoms with van der Waals surface area (Å²) >= 11 is 0. The van der Waals surface area contributed by atoms with Gasteiger partial charge in [0.1, 0.15) is 0 Å². The van der Waals surface area contributed by atoms with Gasteiger partial charge in [0.2, 0.25) is 0 Å². The molecule has 0 spiro atoms. The van der Waals surface area contributed by atoms with Gasteiger partial charge in [-0.05, 0) is 30.5 Å². The first kappa shape index (κ1) is 14.2. The summed E-state index contributed by atoms with van der Waals surface area (Å²) in [6, 6.07) is 16.0. The first-order chi connectivity index (χ1) is 10.3. The molecule has 1 aromatic carbocycles. The van der Waals surface area contributed by atoms with Crippen molar-refractivity contribution in [2.24, 2.45) is 0 Å². The smallest absolute Gasteiger partial charge is 0.0473 e. The molecule has 1 N–H and O–H groups in total. The average molecular weight is 281 g/mol. The Kier molecular flexibility index (Phi) is 4.63. The third-order valence-corrected chi connectivity index (χ3v) is 4.20. The minimum Gasteiger partial charge on any atom is -0.311 e. The molecule has 1 saturated heterocycles. The number of nitrogens with one attached hydrogen (secondary N) is 1. The van der Waals surface area contributed by atoms with Crippen molar-refractivity contribution in [3.8, 4) is 0 Å². The third-order valence-electron chi connectivity index (χ3n) is 4.20. The fraction of sp³-hybridized carbons (Fsp3) is 0.389. The number of piperazine rings is 1. The molecule has 21 heavy (non-hydrogen) atoms. The quantitative estimate of drug-likeness (QED) is 0.934. The van der Waals surface area contributed by atoms with Gasteiger partial charge >= 0.3 is 0 Å². The normalized spacial score (nSPS) is 23.1. The highest BCUT2D eigenvalue weighted by molar-refractivity contribution is 5.20. The van der Waals surface area contributed by atoms with Crippen molar-refractivity contribution in [3.05, 3.63) is 66.0 Å². The van der Waals surface area contributed by atoms with E-state index in [2.05, 4.69) is 58.5 Å². The van der Waals surface area contributed by atoms with Gasteiger partial charge in [-0.3, -0.25) is 9.88 Å². The van der Waals surface area contributed by atoms with E-state index in [1.807, 2.05) is 18.5 Å². The highest BCUT2D eigenvalue weighted by Crippen LogP contribution is 2.23. The third kappa shape index (κ3) is 3.69. The van der Waals surface area contributed by atoms with Crippen LogP contribution in [0.25, 0.3) is 0 Å². The number of pyridine rings is 1. The second-order valence-electron chi connectivity index (χ2n) is 5.84. The molecule has 1 aliphatic heterocycles. The predicted molar refractivity (Wildman–Crippen MR) is 86.2 cm³/mol. The van der Waals surface area contributed by atoms with E-state index in [1.54, 1.807) is 0 Å². The molecule has 0 saturated carbocycles. The van der Waals surface area contributed by atoms with Crippen molar-refractivity contribution in [2.45, 2.75) is 25.4 Å². The summed E-state index contributed by atoms with van der Waals surface area (Å²) < 4.78 is 0. The van der Waals surface area contributed by atoms with E-state index >= 15 is 0 Å². The SMILES string of the molecule is CC1CN(CCc2cccnc2)C(c2ccccc2)CN1. The molecule has 1 aromatic heterocycles. The van der Waals surface area contributed by atoms with Gasteiger partial charge in [-0.2, -0.15) is 0 Å². The lowest BCUT2D eigenvalue weighted by atomic mass is 10.0. The van der Waals surface area contributed by atoms with E-state index in [0.717, 1.165) is 26.1 Å². The summed E-state index contributed by atoms with van der Waals surface area (Å²) in [4.78, 5) is 6.81. The largest absolute Gasteiger partial charge is 0.311 e. The number of hydrogen-bond donors (Lipinski definition) is 1. The first-order valence-corrected chi connectivity index (χ1v) is 7.74. The van der Waals surface area contributed by atoms with E-state index in [1.165, 1.54) is 11.1 Å². The molecule has 3 heteroatoms. The Bertz CT molecular complexity index is 541. The number of aromatic nitrogens is 1. The molecular weight excluding hydrogens is 258 g/mol. The van der Waals surface area contributed by atoms with Crippen LogP contribution in [0.4, 0.5) is 0 Å². The highest BCUT2D eigenvalue weighted by atomic mass is 15.2. The topological polar surface area (TPSA) is 28.2 Å². The number of rotatable bonds is 4. The van der Waals surface area contributed by atoms with Crippen molar-refractivity contribution in [1.29, 1.82) is 0 Å². The molecule has 1 aliphatic rings. The van der Waals surface area contributed by atoms with Crippen LogP contribution in [-0.4, -0.2) is 35.6 Å². The molecule has 0 amide bonds. The van der Waals surface area contributed by atoms with Crippen LogP contribution in [0.5, 0.6) is 0 Å². The molecule has 0 bridgehead atoms. The van der Waals surface area contributed by atoms with Gasteiger partial charge in [0.05, 0.1) is 0 Å². The summed E-state index contributed by atoms with van der Waals surface area (Å²) in [5, 5.41) is 3.60. The Hall–Kier alpha value is -1.71. The zero-order valence-corrected chi connectivity index (χ0v) is 12.6. The summed E-state index contributed by atoms with van der Waals surface area (Å²) in [6.07, 6.45) is 4.87. The van der Waals surface area contributed by atoms with Crippen molar-refractivity contribution in [2.75, 3.05) is 19.6 Å². The van der Waals surface area contributed by atoms with E-state index < -0.39 is 0 Å². The van der Waals surface area contributed by atoms with Gasteiger partial charge in [-0.25, -0.2) is 0 Å². The maximum atomic E-state index is 4.21. The predicted octanol–water partition coefficient (Wildman–Crippen LogP) is 2.66. The zero-order valence-electron chi connectivity index (χ0n) is 12.6. The highest BCUT2D eigenvalue weighted by Gasteiger charge is 2.26. The molecule has 3 nitrogen and oxygen atoms in total. The minimum absolute atomic E-state index is 0.471. The van der Waals surface area contributed by atoms with E-state index in [0.29, 0.717) is 12.1 Å². The molecule has 110 valence electrons. The van der Waals surface area contributed by atoms with Gasteiger partial charge < -0.3 is 5.32 Å². The lowest BCUT2D eigenvalue weighted by Gasteiger charge is -2.39. The fourth-order valence-corrected chi connectivity index (χ4v) is 3.06. The van der Waals surface area contributed by atoms with Crippen LogP contribution in [0.1, 0.15) is 24.1 Å². The summed E-state index contributed by atoms with van der Waals surface area (Å²) in [5.74, 6) is 0. The summed E-state index contributed by atoms with van der Waals surface area (Å²) in [6.45, 7) is 5.47. The lowest BCUT2D eigenvalue weighted by Crippen LogP contribution is -2.51. The second-order valence-corrected chi connectivity index (χ2v) is 5.84. The Morgan fingerprint density at radius 3 is 2.81 bits per heavy atom. The Labute approximate surface area is 127 Å². The molecule has 2 atom stereocenters. The first-order valence-electron chi connectivity index (χ1n) is 7.74. The minimum atomic E-state index is 0.471. The Balaban J connectivity index is 1.70. The maximum Gasteiger partial charge on any atom is 0.0473 e.